The molecular weight excluding hydrogens is 373 g/mol. The summed E-state index contributed by atoms with van der Waals surface area (Å²) in [5, 5.41) is 2.15. The van der Waals surface area contributed by atoms with Gasteiger partial charge < -0.3 is 10.1 Å². The van der Waals surface area contributed by atoms with E-state index in [-0.39, 0.29) is 5.56 Å². The first-order valence-electron chi connectivity index (χ1n) is 7.61. The van der Waals surface area contributed by atoms with Crippen LogP contribution >= 0.6 is 0 Å². The molecule has 0 aliphatic carbocycles. The van der Waals surface area contributed by atoms with Gasteiger partial charge in [-0.1, -0.05) is 18.2 Å². The molecule has 0 spiro atoms. The van der Waals surface area contributed by atoms with Gasteiger partial charge in [-0.15, -0.1) is 0 Å². The van der Waals surface area contributed by atoms with Crippen LogP contribution in [0.4, 0.5) is 22.0 Å². The van der Waals surface area contributed by atoms with Crippen molar-refractivity contribution in [2.24, 2.45) is 0 Å². The van der Waals surface area contributed by atoms with Crippen LogP contribution in [0, 0.1) is 11.6 Å². The molecule has 4 nitrogen and oxygen atoms in total. The van der Waals surface area contributed by atoms with Crippen LogP contribution in [0.2, 0.25) is 0 Å². The third kappa shape index (κ3) is 5.25. The predicted octanol–water partition coefficient (Wildman–Crippen LogP) is 3.50. The molecule has 0 aromatic heterocycles. The maximum Gasteiger partial charge on any atom is 0.416 e. The molecule has 0 aliphatic heterocycles. The molecule has 0 fully saturated rings. The molecule has 0 bridgehead atoms. The van der Waals surface area contributed by atoms with Gasteiger partial charge in [-0.3, -0.25) is 4.79 Å². The van der Waals surface area contributed by atoms with Gasteiger partial charge in [0.15, 0.2) is 0 Å². The number of methoxy groups -OCH3 is 1. The van der Waals surface area contributed by atoms with Gasteiger partial charge in [0.2, 0.25) is 0 Å². The zero-order valence-corrected chi connectivity index (χ0v) is 13.9. The first-order valence-corrected chi connectivity index (χ1v) is 7.61. The number of carbonyl (C=O) groups is 2. The molecule has 0 saturated heterocycles. The van der Waals surface area contributed by atoms with E-state index in [1.807, 2.05) is 0 Å². The van der Waals surface area contributed by atoms with Crippen molar-refractivity contribution in [3.8, 4) is 0 Å². The van der Waals surface area contributed by atoms with E-state index in [1.165, 1.54) is 12.1 Å². The van der Waals surface area contributed by atoms with Crippen molar-refractivity contribution in [1.29, 1.82) is 0 Å². The quantitative estimate of drug-likeness (QED) is 0.631. The average molecular weight is 387 g/mol. The fourth-order valence-electron chi connectivity index (χ4n) is 2.46. The van der Waals surface area contributed by atoms with Crippen molar-refractivity contribution in [3.05, 3.63) is 70.8 Å². The van der Waals surface area contributed by atoms with Crippen LogP contribution < -0.4 is 5.32 Å². The van der Waals surface area contributed by atoms with Gasteiger partial charge in [-0.2, -0.15) is 13.2 Å². The Morgan fingerprint density at radius 2 is 1.67 bits per heavy atom. The summed E-state index contributed by atoms with van der Waals surface area (Å²) in [6, 6.07) is 5.06. The maximum atomic E-state index is 13.2. The predicted molar refractivity (Wildman–Crippen MR) is 84.8 cm³/mol. The molecule has 2 aromatic carbocycles. The second kappa shape index (κ2) is 8.15. The van der Waals surface area contributed by atoms with E-state index in [0.29, 0.717) is 6.07 Å². The summed E-state index contributed by atoms with van der Waals surface area (Å²) in [5.41, 5.74) is -1.64. The molecule has 2 rings (SSSR count). The van der Waals surface area contributed by atoms with Crippen LogP contribution in [0.1, 0.15) is 21.5 Å². The fourth-order valence-corrected chi connectivity index (χ4v) is 2.46. The van der Waals surface area contributed by atoms with E-state index in [1.54, 1.807) is 0 Å². The molecule has 0 radical (unpaired) electrons. The second-order valence-corrected chi connectivity index (χ2v) is 5.57. The molecule has 0 unspecified atom stereocenters. The third-order valence-electron chi connectivity index (χ3n) is 3.66. The van der Waals surface area contributed by atoms with Crippen LogP contribution in [-0.4, -0.2) is 25.0 Å². The monoisotopic (exact) mass is 387 g/mol. The first kappa shape index (κ1) is 20.3. The molecule has 144 valence electrons. The van der Waals surface area contributed by atoms with Crippen molar-refractivity contribution in [2.45, 2.75) is 18.6 Å². The largest absolute Gasteiger partial charge is 0.467 e. The normalized spacial score (nSPS) is 12.4. The minimum atomic E-state index is -4.66. The lowest BCUT2D eigenvalue weighted by molar-refractivity contribution is -0.144. The summed E-state index contributed by atoms with van der Waals surface area (Å²) in [4.78, 5) is 24.1. The summed E-state index contributed by atoms with van der Waals surface area (Å²) in [5.74, 6) is -4.07. The van der Waals surface area contributed by atoms with Gasteiger partial charge in [-0.05, 0) is 23.8 Å². The van der Waals surface area contributed by atoms with Crippen molar-refractivity contribution < 1.29 is 36.3 Å². The lowest BCUT2D eigenvalue weighted by Crippen LogP contribution is -2.43. The van der Waals surface area contributed by atoms with Gasteiger partial charge >= 0.3 is 12.1 Å². The number of nitrogens with one attached hydrogen (secondary N) is 1. The van der Waals surface area contributed by atoms with Crippen LogP contribution in [-0.2, 0) is 22.1 Å². The highest BCUT2D eigenvalue weighted by molar-refractivity contribution is 5.96. The van der Waals surface area contributed by atoms with Gasteiger partial charge in [0.05, 0.1) is 12.7 Å². The van der Waals surface area contributed by atoms with Crippen molar-refractivity contribution >= 4 is 11.9 Å². The summed E-state index contributed by atoms with van der Waals surface area (Å²) in [7, 11) is 0.999. The highest BCUT2D eigenvalue weighted by Gasteiger charge is 2.34. The third-order valence-corrected chi connectivity index (χ3v) is 3.66. The number of esters is 1. The van der Waals surface area contributed by atoms with Crippen LogP contribution in [0.5, 0.6) is 0 Å². The smallest absolute Gasteiger partial charge is 0.416 e. The Balaban J connectivity index is 2.29. The van der Waals surface area contributed by atoms with E-state index < -0.39 is 53.3 Å². The Morgan fingerprint density at radius 3 is 2.22 bits per heavy atom. The molecule has 1 atom stereocenters. The molecule has 0 heterocycles. The number of amides is 1. The van der Waals surface area contributed by atoms with Gasteiger partial charge in [0.25, 0.3) is 5.91 Å². The lowest BCUT2D eigenvalue weighted by atomic mass is 9.99. The Labute approximate surface area is 150 Å². The number of rotatable bonds is 5. The molecule has 27 heavy (non-hydrogen) atoms. The SMILES string of the molecule is COC(=O)[C@H](Cc1ccccc1C(F)(F)F)NC(=O)c1cc(F)cc(F)c1. The van der Waals surface area contributed by atoms with Gasteiger partial charge in [0, 0.05) is 18.1 Å². The summed E-state index contributed by atoms with van der Waals surface area (Å²) >= 11 is 0. The van der Waals surface area contributed by atoms with Gasteiger partial charge in [0.1, 0.15) is 17.7 Å². The Morgan fingerprint density at radius 1 is 1.07 bits per heavy atom. The highest BCUT2D eigenvalue weighted by atomic mass is 19.4. The fraction of sp³-hybridized carbons (Fsp3) is 0.222. The van der Waals surface area contributed by atoms with E-state index in [2.05, 4.69) is 10.1 Å². The summed E-state index contributed by atoms with van der Waals surface area (Å²) in [6.07, 6.45) is -5.18. The summed E-state index contributed by atoms with van der Waals surface area (Å²) < 4.78 is 70.3. The molecule has 0 saturated carbocycles. The Hall–Kier alpha value is -2.97. The number of carbonyl (C=O) groups excluding carboxylic acids is 2. The Kier molecular flexibility index (Phi) is 6.14. The number of ether oxygens (including phenoxy) is 1. The first-order chi connectivity index (χ1) is 12.6. The Bertz CT molecular complexity index is 831. The minimum absolute atomic E-state index is 0.244. The molecule has 1 amide bonds. The molecule has 9 heteroatoms. The van der Waals surface area contributed by atoms with Crippen LogP contribution in [0.25, 0.3) is 0 Å². The zero-order chi connectivity index (χ0) is 20.2. The average Bonchev–Trinajstić information content (AvgIpc) is 2.59. The summed E-state index contributed by atoms with van der Waals surface area (Å²) in [6.45, 7) is 0. The van der Waals surface area contributed by atoms with Crippen molar-refractivity contribution in [1.82, 2.24) is 5.32 Å². The topological polar surface area (TPSA) is 55.4 Å². The number of halogens is 5. The molecule has 2 aromatic rings. The van der Waals surface area contributed by atoms with Crippen molar-refractivity contribution in [2.75, 3.05) is 7.11 Å². The van der Waals surface area contributed by atoms with Gasteiger partial charge in [-0.25, -0.2) is 13.6 Å². The van der Waals surface area contributed by atoms with E-state index in [4.69, 9.17) is 0 Å². The number of benzene rings is 2. The standard InChI is InChI=1S/C18H14F5NO3/c1-27-17(26)15(8-10-4-2-3-5-14(10)18(21,22)23)24-16(25)11-6-12(19)9-13(20)7-11/h2-7,9,15H,8H2,1H3,(H,24,25)/t15-/m0/s1. The van der Waals surface area contributed by atoms with E-state index in [0.717, 1.165) is 31.4 Å². The van der Waals surface area contributed by atoms with Crippen LogP contribution in [0.15, 0.2) is 42.5 Å². The lowest BCUT2D eigenvalue weighted by Gasteiger charge is -2.19. The number of hydrogen-bond donors (Lipinski definition) is 1. The van der Waals surface area contributed by atoms with E-state index in [9.17, 15) is 31.5 Å². The molecular formula is C18H14F5NO3. The van der Waals surface area contributed by atoms with Crippen LogP contribution in [0.3, 0.4) is 0 Å². The maximum absolute atomic E-state index is 13.2. The van der Waals surface area contributed by atoms with Crippen molar-refractivity contribution in [3.63, 3.8) is 0 Å². The highest BCUT2D eigenvalue weighted by Crippen LogP contribution is 2.32. The molecule has 1 N–H and O–H groups in total. The number of hydrogen-bond acceptors (Lipinski definition) is 3. The zero-order valence-electron chi connectivity index (χ0n) is 13.9. The van der Waals surface area contributed by atoms with E-state index >= 15 is 0 Å². The second-order valence-electron chi connectivity index (χ2n) is 5.57. The number of alkyl halides is 3. The minimum Gasteiger partial charge on any atom is -0.467 e. The molecule has 0 aliphatic rings.